The normalized spacial score (nSPS) is 24.9. The zero-order chi connectivity index (χ0) is 21.1. The van der Waals surface area contributed by atoms with Gasteiger partial charge in [0.05, 0.1) is 0 Å². The largest absolute Gasteiger partial charge is 0.333 e. The third kappa shape index (κ3) is 4.96. The van der Waals surface area contributed by atoms with Crippen LogP contribution in [0.3, 0.4) is 0 Å². The Labute approximate surface area is 171 Å². The van der Waals surface area contributed by atoms with Gasteiger partial charge in [-0.1, -0.05) is 45.4 Å². The van der Waals surface area contributed by atoms with Crippen LogP contribution in [0, 0.1) is 5.92 Å². The van der Waals surface area contributed by atoms with E-state index < -0.39 is 0 Å². The van der Waals surface area contributed by atoms with Crippen molar-refractivity contribution in [3.8, 4) is 0 Å². The second kappa shape index (κ2) is 8.96. The fourth-order valence-electron chi connectivity index (χ4n) is 5.76. The summed E-state index contributed by atoms with van der Waals surface area (Å²) in [5.74, 6) is -0.0931. The highest BCUT2D eigenvalue weighted by Gasteiger charge is 2.52. The number of imide groups is 1. The molecule has 3 amide bonds. The molecule has 0 aromatic carbocycles. The Hall–Kier alpha value is -1.39. The molecule has 2 aliphatic rings. The minimum Gasteiger partial charge on any atom is -0.333 e. The van der Waals surface area contributed by atoms with E-state index in [1.807, 2.05) is 32.6 Å². The first-order valence-electron chi connectivity index (χ1n) is 11.2. The summed E-state index contributed by atoms with van der Waals surface area (Å²) in [5.41, 5.74) is -0.758. The summed E-state index contributed by atoms with van der Waals surface area (Å²) >= 11 is 0. The second-order valence-electron chi connectivity index (χ2n) is 10.1. The highest BCUT2D eigenvalue weighted by molar-refractivity contribution is 6.03. The number of piperidine rings is 1. The first-order valence-corrected chi connectivity index (χ1v) is 11.2. The van der Waals surface area contributed by atoms with Crippen molar-refractivity contribution >= 4 is 17.7 Å². The smallest absolute Gasteiger partial charge is 0.233 e. The number of carbonyl (C=O) groups is 3. The van der Waals surface area contributed by atoms with Crippen LogP contribution in [0.15, 0.2) is 0 Å². The predicted molar refractivity (Wildman–Crippen MR) is 112 cm³/mol. The van der Waals surface area contributed by atoms with Gasteiger partial charge in [0.2, 0.25) is 17.7 Å². The zero-order valence-electron chi connectivity index (χ0n) is 18.8. The standard InChI is InChI=1S/C23H40N2O3/c1-7-8-9-10-11-12-13-18-14-20(27)24(21(18)28)19-15-22(3,4)25(17(2)26)23(5,6)16-19/h18-19H,7-16H2,1-6H3. The molecule has 0 N–H and O–H groups in total. The molecule has 0 aliphatic carbocycles. The highest BCUT2D eigenvalue weighted by atomic mass is 16.2. The molecular formula is C23H40N2O3. The number of likely N-dealkylation sites (tertiary alicyclic amines) is 2. The maximum Gasteiger partial charge on any atom is 0.233 e. The lowest BCUT2D eigenvalue weighted by molar-refractivity contribution is -0.155. The highest BCUT2D eigenvalue weighted by Crippen LogP contribution is 2.42. The molecule has 1 unspecified atom stereocenters. The molecule has 0 aromatic heterocycles. The summed E-state index contributed by atoms with van der Waals surface area (Å²) in [6.45, 7) is 12.0. The van der Waals surface area contributed by atoms with Crippen LogP contribution in [0.2, 0.25) is 0 Å². The van der Waals surface area contributed by atoms with E-state index in [0.29, 0.717) is 19.3 Å². The molecule has 0 radical (unpaired) electrons. The molecule has 160 valence electrons. The molecule has 5 heteroatoms. The molecular weight excluding hydrogens is 352 g/mol. The number of unbranched alkanes of at least 4 members (excludes halogenated alkanes) is 5. The number of rotatable bonds is 8. The fourth-order valence-corrected chi connectivity index (χ4v) is 5.76. The molecule has 5 nitrogen and oxygen atoms in total. The third-order valence-electron chi connectivity index (χ3n) is 6.54. The second-order valence-corrected chi connectivity index (χ2v) is 10.1. The van der Waals surface area contributed by atoms with Gasteiger partial charge in [0.1, 0.15) is 0 Å². The molecule has 2 saturated heterocycles. The van der Waals surface area contributed by atoms with E-state index in [4.69, 9.17) is 0 Å². The van der Waals surface area contributed by atoms with Gasteiger partial charge in [-0.05, 0) is 47.0 Å². The van der Waals surface area contributed by atoms with Gasteiger partial charge in [0.15, 0.2) is 0 Å². The van der Waals surface area contributed by atoms with Crippen molar-refractivity contribution in [3.63, 3.8) is 0 Å². The minimum absolute atomic E-state index is 0.0196. The van der Waals surface area contributed by atoms with Gasteiger partial charge >= 0.3 is 0 Å². The predicted octanol–water partition coefficient (Wildman–Crippen LogP) is 4.68. The van der Waals surface area contributed by atoms with Crippen molar-refractivity contribution in [1.82, 2.24) is 9.80 Å². The monoisotopic (exact) mass is 392 g/mol. The SMILES string of the molecule is CCCCCCCCC1CC(=O)N(C2CC(C)(C)N(C(C)=O)C(C)(C)C2)C1=O. The van der Waals surface area contributed by atoms with Crippen molar-refractivity contribution < 1.29 is 14.4 Å². The van der Waals surface area contributed by atoms with Crippen molar-refractivity contribution in [2.75, 3.05) is 0 Å². The lowest BCUT2D eigenvalue weighted by Gasteiger charge is -2.56. The molecule has 0 aromatic rings. The van der Waals surface area contributed by atoms with Gasteiger partial charge in [-0.3, -0.25) is 19.3 Å². The van der Waals surface area contributed by atoms with Gasteiger partial charge in [0.25, 0.3) is 0 Å². The molecule has 1 atom stereocenters. The van der Waals surface area contributed by atoms with Gasteiger partial charge in [0, 0.05) is 36.4 Å². The van der Waals surface area contributed by atoms with Crippen LogP contribution in [0.25, 0.3) is 0 Å². The summed E-state index contributed by atoms with van der Waals surface area (Å²) in [4.78, 5) is 41.5. The Morgan fingerprint density at radius 1 is 0.964 bits per heavy atom. The summed E-state index contributed by atoms with van der Waals surface area (Å²) in [6, 6.07) is -0.116. The van der Waals surface area contributed by atoms with Crippen LogP contribution in [0.1, 0.15) is 106 Å². The van der Waals surface area contributed by atoms with Gasteiger partial charge in [-0.15, -0.1) is 0 Å². The lowest BCUT2D eigenvalue weighted by Crippen LogP contribution is -2.66. The molecule has 0 spiro atoms. The number of amides is 3. The summed E-state index contributed by atoms with van der Waals surface area (Å²) in [6.07, 6.45) is 9.66. The van der Waals surface area contributed by atoms with E-state index in [9.17, 15) is 14.4 Å². The summed E-state index contributed by atoms with van der Waals surface area (Å²) in [5, 5.41) is 0. The van der Waals surface area contributed by atoms with Gasteiger partial charge < -0.3 is 4.90 Å². The summed E-state index contributed by atoms with van der Waals surface area (Å²) in [7, 11) is 0. The van der Waals surface area contributed by atoms with Crippen molar-refractivity contribution in [2.45, 2.75) is 123 Å². The lowest BCUT2D eigenvalue weighted by atomic mass is 9.76. The maximum absolute atomic E-state index is 13.0. The molecule has 2 aliphatic heterocycles. The Kier molecular flexibility index (Phi) is 7.33. The summed E-state index contributed by atoms with van der Waals surface area (Å²) < 4.78 is 0. The zero-order valence-corrected chi connectivity index (χ0v) is 18.8. The van der Waals surface area contributed by atoms with Crippen LogP contribution in [-0.2, 0) is 14.4 Å². The molecule has 2 rings (SSSR count). The Balaban J connectivity index is 2.00. The topological polar surface area (TPSA) is 57.7 Å². The average molecular weight is 393 g/mol. The molecule has 0 bridgehead atoms. The van der Waals surface area contributed by atoms with Crippen LogP contribution in [-0.4, -0.2) is 44.6 Å². The Morgan fingerprint density at radius 2 is 1.50 bits per heavy atom. The van der Waals surface area contributed by atoms with Crippen LogP contribution in [0.5, 0.6) is 0 Å². The number of nitrogens with zero attached hydrogens (tertiary/aromatic N) is 2. The average Bonchev–Trinajstić information content (AvgIpc) is 2.81. The van der Waals surface area contributed by atoms with E-state index in [0.717, 1.165) is 19.3 Å². The van der Waals surface area contributed by atoms with E-state index in [1.54, 1.807) is 11.8 Å². The number of carbonyl (C=O) groups excluding carboxylic acids is 3. The van der Waals surface area contributed by atoms with E-state index >= 15 is 0 Å². The number of hydrogen-bond donors (Lipinski definition) is 0. The fraction of sp³-hybridized carbons (Fsp3) is 0.870. The first-order chi connectivity index (χ1) is 13.0. The maximum atomic E-state index is 13.0. The van der Waals surface area contributed by atoms with Crippen LogP contribution < -0.4 is 0 Å². The van der Waals surface area contributed by atoms with Crippen LogP contribution >= 0.6 is 0 Å². The molecule has 28 heavy (non-hydrogen) atoms. The minimum atomic E-state index is -0.379. The van der Waals surface area contributed by atoms with Crippen LogP contribution in [0.4, 0.5) is 0 Å². The van der Waals surface area contributed by atoms with E-state index in [1.165, 1.54) is 25.7 Å². The van der Waals surface area contributed by atoms with Gasteiger partial charge in [-0.2, -0.15) is 0 Å². The van der Waals surface area contributed by atoms with Crippen molar-refractivity contribution in [3.05, 3.63) is 0 Å². The molecule has 2 fully saturated rings. The molecule has 2 heterocycles. The third-order valence-corrected chi connectivity index (χ3v) is 6.54. The van der Waals surface area contributed by atoms with E-state index in [2.05, 4.69) is 6.92 Å². The number of hydrogen-bond acceptors (Lipinski definition) is 3. The van der Waals surface area contributed by atoms with Crippen molar-refractivity contribution in [2.24, 2.45) is 5.92 Å². The quantitative estimate of drug-likeness (QED) is 0.445. The Morgan fingerprint density at radius 3 is 2.04 bits per heavy atom. The Bertz CT molecular complexity index is 579. The van der Waals surface area contributed by atoms with Crippen molar-refractivity contribution in [1.29, 1.82) is 0 Å². The van der Waals surface area contributed by atoms with Gasteiger partial charge in [-0.25, -0.2) is 0 Å². The molecule has 0 saturated carbocycles. The van der Waals surface area contributed by atoms with E-state index in [-0.39, 0.29) is 40.8 Å². The first kappa shape index (κ1) is 22.9.